The Balaban J connectivity index is 1.99. The van der Waals surface area contributed by atoms with Crippen LogP contribution in [-0.2, 0) is 6.54 Å². The Morgan fingerprint density at radius 1 is 1.33 bits per heavy atom. The summed E-state index contributed by atoms with van der Waals surface area (Å²) in [4.78, 5) is 0. The second-order valence-corrected chi connectivity index (χ2v) is 3.48. The molecule has 4 nitrogen and oxygen atoms in total. The SMILES string of the molecule is Cc1cnnc(NCc2ccc(C)o2)c1. The van der Waals surface area contributed by atoms with Gasteiger partial charge in [-0.05, 0) is 37.6 Å². The Hall–Kier alpha value is -1.84. The number of furan rings is 1. The fraction of sp³-hybridized carbons (Fsp3) is 0.273. The lowest BCUT2D eigenvalue weighted by atomic mass is 10.3. The normalized spacial score (nSPS) is 10.3. The van der Waals surface area contributed by atoms with Crippen molar-refractivity contribution in [2.45, 2.75) is 20.4 Å². The van der Waals surface area contributed by atoms with Crippen LogP contribution in [0.2, 0.25) is 0 Å². The van der Waals surface area contributed by atoms with E-state index in [1.165, 1.54) is 0 Å². The lowest BCUT2D eigenvalue weighted by Gasteiger charge is -2.02. The maximum absolute atomic E-state index is 5.42. The molecular formula is C11H13N3O. The lowest BCUT2D eigenvalue weighted by Crippen LogP contribution is -2.01. The van der Waals surface area contributed by atoms with E-state index in [0.717, 1.165) is 22.9 Å². The molecule has 15 heavy (non-hydrogen) atoms. The second kappa shape index (κ2) is 4.13. The van der Waals surface area contributed by atoms with Crippen molar-refractivity contribution in [2.24, 2.45) is 0 Å². The van der Waals surface area contributed by atoms with Crippen molar-refractivity contribution >= 4 is 5.82 Å². The van der Waals surface area contributed by atoms with Crippen molar-refractivity contribution in [3.8, 4) is 0 Å². The molecule has 0 aromatic carbocycles. The highest BCUT2D eigenvalue weighted by atomic mass is 16.3. The monoisotopic (exact) mass is 203 g/mol. The van der Waals surface area contributed by atoms with Gasteiger partial charge in [0.05, 0.1) is 12.7 Å². The molecule has 2 aromatic rings. The maximum atomic E-state index is 5.42. The van der Waals surface area contributed by atoms with Gasteiger partial charge in [0.1, 0.15) is 17.3 Å². The molecule has 2 aromatic heterocycles. The summed E-state index contributed by atoms with van der Waals surface area (Å²) < 4.78 is 5.42. The molecule has 0 aliphatic rings. The Labute approximate surface area is 88.3 Å². The van der Waals surface area contributed by atoms with Crippen LogP contribution in [0.15, 0.2) is 28.8 Å². The first-order valence-electron chi connectivity index (χ1n) is 4.82. The zero-order valence-electron chi connectivity index (χ0n) is 8.82. The van der Waals surface area contributed by atoms with Crippen LogP contribution in [0, 0.1) is 13.8 Å². The predicted molar refractivity (Wildman–Crippen MR) is 57.5 cm³/mol. The average molecular weight is 203 g/mol. The van der Waals surface area contributed by atoms with Gasteiger partial charge in [0.2, 0.25) is 0 Å². The van der Waals surface area contributed by atoms with Gasteiger partial charge >= 0.3 is 0 Å². The molecule has 0 fully saturated rings. The van der Waals surface area contributed by atoms with Crippen molar-refractivity contribution in [1.82, 2.24) is 10.2 Å². The van der Waals surface area contributed by atoms with E-state index in [-0.39, 0.29) is 0 Å². The smallest absolute Gasteiger partial charge is 0.149 e. The largest absolute Gasteiger partial charge is 0.465 e. The number of aryl methyl sites for hydroxylation is 2. The van der Waals surface area contributed by atoms with Gasteiger partial charge < -0.3 is 9.73 Å². The topological polar surface area (TPSA) is 51.0 Å². The van der Waals surface area contributed by atoms with Gasteiger partial charge in [-0.25, -0.2) is 0 Å². The summed E-state index contributed by atoms with van der Waals surface area (Å²) >= 11 is 0. The van der Waals surface area contributed by atoms with E-state index in [1.807, 2.05) is 32.0 Å². The summed E-state index contributed by atoms with van der Waals surface area (Å²) in [6.07, 6.45) is 1.72. The average Bonchev–Trinajstić information content (AvgIpc) is 2.62. The molecule has 0 saturated heterocycles. The molecule has 2 heterocycles. The van der Waals surface area contributed by atoms with Crippen LogP contribution < -0.4 is 5.32 Å². The van der Waals surface area contributed by atoms with E-state index in [9.17, 15) is 0 Å². The van der Waals surface area contributed by atoms with Crippen LogP contribution in [0.1, 0.15) is 17.1 Å². The zero-order chi connectivity index (χ0) is 10.7. The van der Waals surface area contributed by atoms with Gasteiger partial charge in [-0.15, -0.1) is 5.10 Å². The summed E-state index contributed by atoms with van der Waals surface area (Å²) in [7, 11) is 0. The minimum atomic E-state index is 0.631. The molecule has 0 atom stereocenters. The van der Waals surface area contributed by atoms with Crippen LogP contribution in [0.4, 0.5) is 5.82 Å². The molecule has 2 rings (SSSR count). The molecule has 0 amide bonds. The van der Waals surface area contributed by atoms with Crippen LogP contribution >= 0.6 is 0 Å². The molecule has 4 heteroatoms. The summed E-state index contributed by atoms with van der Waals surface area (Å²) in [6.45, 7) is 4.54. The highest BCUT2D eigenvalue weighted by molar-refractivity contribution is 5.35. The molecule has 1 N–H and O–H groups in total. The van der Waals surface area contributed by atoms with E-state index >= 15 is 0 Å². The number of nitrogens with one attached hydrogen (secondary N) is 1. The van der Waals surface area contributed by atoms with Gasteiger partial charge in [-0.1, -0.05) is 0 Å². The van der Waals surface area contributed by atoms with Crippen LogP contribution in [0.5, 0.6) is 0 Å². The Kier molecular flexibility index (Phi) is 2.67. The van der Waals surface area contributed by atoms with Gasteiger partial charge in [0, 0.05) is 0 Å². The van der Waals surface area contributed by atoms with E-state index in [1.54, 1.807) is 6.20 Å². The maximum Gasteiger partial charge on any atom is 0.149 e. The molecule has 0 spiro atoms. The minimum Gasteiger partial charge on any atom is -0.465 e. The number of nitrogens with zero attached hydrogens (tertiary/aromatic N) is 2. The molecule has 78 valence electrons. The van der Waals surface area contributed by atoms with Crippen molar-refractivity contribution in [2.75, 3.05) is 5.32 Å². The minimum absolute atomic E-state index is 0.631. The molecule has 0 aliphatic heterocycles. The third kappa shape index (κ3) is 2.56. The fourth-order valence-corrected chi connectivity index (χ4v) is 1.31. The van der Waals surface area contributed by atoms with Crippen LogP contribution in [0.25, 0.3) is 0 Å². The number of hydrogen-bond donors (Lipinski definition) is 1. The lowest BCUT2D eigenvalue weighted by molar-refractivity contribution is 0.490. The van der Waals surface area contributed by atoms with Crippen LogP contribution in [0.3, 0.4) is 0 Å². The second-order valence-electron chi connectivity index (χ2n) is 3.48. The number of aromatic nitrogens is 2. The van der Waals surface area contributed by atoms with Crippen molar-refractivity contribution < 1.29 is 4.42 Å². The fourth-order valence-electron chi connectivity index (χ4n) is 1.31. The highest BCUT2D eigenvalue weighted by Gasteiger charge is 1.99. The standard InChI is InChI=1S/C11H13N3O/c1-8-5-11(14-13-6-8)12-7-10-4-3-9(2)15-10/h3-6H,7H2,1-2H3,(H,12,14). The molecule has 0 bridgehead atoms. The summed E-state index contributed by atoms with van der Waals surface area (Å²) in [6, 6.07) is 5.84. The Bertz CT molecular complexity index is 451. The quantitative estimate of drug-likeness (QED) is 0.831. The first-order chi connectivity index (χ1) is 7.24. The van der Waals surface area contributed by atoms with Crippen molar-refractivity contribution in [3.63, 3.8) is 0 Å². The zero-order valence-corrected chi connectivity index (χ0v) is 8.82. The summed E-state index contributed by atoms with van der Waals surface area (Å²) in [5.41, 5.74) is 1.09. The van der Waals surface area contributed by atoms with Gasteiger partial charge in [0.25, 0.3) is 0 Å². The molecule has 0 radical (unpaired) electrons. The van der Waals surface area contributed by atoms with Crippen LogP contribution in [-0.4, -0.2) is 10.2 Å². The number of rotatable bonds is 3. The third-order valence-corrected chi connectivity index (χ3v) is 2.03. The van der Waals surface area contributed by atoms with E-state index in [2.05, 4.69) is 15.5 Å². The first kappa shape index (κ1) is 9.71. The van der Waals surface area contributed by atoms with Gasteiger partial charge in [0.15, 0.2) is 0 Å². The highest BCUT2D eigenvalue weighted by Crippen LogP contribution is 2.09. The first-order valence-corrected chi connectivity index (χ1v) is 4.82. The number of hydrogen-bond acceptors (Lipinski definition) is 4. The molecule has 0 saturated carbocycles. The molecular weight excluding hydrogens is 190 g/mol. The van der Waals surface area contributed by atoms with Gasteiger partial charge in [-0.2, -0.15) is 5.10 Å². The van der Waals surface area contributed by atoms with E-state index in [0.29, 0.717) is 6.54 Å². The molecule has 0 aliphatic carbocycles. The van der Waals surface area contributed by atoms with Gasteiger partial charge in [-0.3, -0.25) is 0 Å². The third-order valence-electron chi connectivity index (χ3n) is 2.03. The van der Waals surface area contributed by atoms with E-state index in [4.69, 9.17) is 4.42 Å². The predicted octanol–water partition coefficient (Wildman–Crippen LogP) is 2.30. The summed E-state index contributed by atoms with van der Waals surface area (Å²) in [5.74, 6) is 2.59. The number of anilines is 1. The van der Waals surface area contributed by atoms with E-state index < -0.39 is 0 Å². The van der Waals surface area contributed by atoms with Crippen molar-refractivity contribution in [1.29, 1.82) is 0 Å². The van der Waals surface area contributed by atoms with Crippen molar-refractivity contribution in [3.05, 3.63) is 41.5 Å². The molecule has 0 unspecified atom stereocenters. The Morgan fingerprint density at radius 2 is 2.20 bits per heavy atom. The summed E-state index contributed by atoms with van der Waals surface area (Å²) in [5, 5.41) is 11.0. The Morgan fingerprint density at radius 3 is 2.87 bits per heavy atom.